The number of nitrogens with one attached hydrogen (secondary N) is 1. The van der Waals surface area contributed by atoms with Gasteiger partial charge in [0.1, 0.15) is 0 Å². The number of hydrogen-bond acceptors (Lipinski definition) is 4. The molecule has 18 heavy (non-hydrogen) atoms. The maximum absolute atomic E-state index is 11.7. The van der Waals surface area contributed by atoms with Crippen LogP contribution < -0.4 is 10.3 Å². The van der Waals surface area contributed by atoms with E-state index in [-0.39, 0.29) is 6.04 Å². The van der Waals surface area contributed by atoms with E-state index < -0.39 is 17.7 Å². The van der Waals surface area contributed by atoms with E-state index in [0.717, 1.165) is 25.7 Å². The molecule has 0 aromatic carbocycles. The molecule has 1 aromatic heterocycles. The van der Waals surface area contributed by atoms with E-state index in [0.29, 0.717) is 5.69 Å². The molecule has 1 aliphatic carbocycles. The average molecular weight is 255 g/mol. The minimum absolute atomic E-state index is 0.234. The van der Waals surface area contributed by atoms with Crippen molar-refractivity contribution in [3.8, 4) is 0 Å². The molecular weight excluding hydrogens is 236 g/mol. The number of carbonyl (C=O) groups is 1. The van der Waals surface area contributed by atoms with Crippen LogP contribution in [0, 0.1) is 0 Å². The Hall–Kier alpha value is -1.59. The maximum atomic E-state index is 11.7. The Kier molecular flexibility index (Phi) is 3.84. The second-order valence-corrected chi connectivity index (χ2v) is 4.78. The third kappa shape index (κ3) is 2.63. The monoisotopic (exact) mass is 255 g/mol. The summed E-state index contributed by atoms with van der Waals surface area (Å²) in [5.41, 5.74) is -0.0774. The Labute approximate surface area is 105 Å². The highest BCUT2D eigenvalue weighted by Gasteiger charge is 2.35. The van der Waals surface area contributed by atoms with Crippen LogP contribution in [-0.4, -0.2) is 11.2 Å². The molecule has 0 amide bonds. The Bertz CT molecular complexity index is 471. The van der Waals surface area contributed by atoms with Gasteiger partial charge in [0.15, 0.2) is 12.1 Å². The van der Waals surface area contributed by atoms with Gasteiger partial charge in [-0.05, 0) is 25.0 Å². The number of carbonyl (C=O) groups excluding carboxylic acids is 1. The molecule has 1 N–H and O–H groups in total. The van der Waals surface area contributed by atoms with Gasteiger partial charge >= 0.3 is 17.3 Å². The van der Waals surface area contributed by atoms with Gasteiger partial charge in [0.25, 0.3) is 0 Å². The summed E-state index contributed by atoms with van der Waals surface area (Å²) in [6.45, 7) is 3.01. The number of aromatic nitrogens is 2. The van der Waals surface area contributed by atoms with E-state index in [2.05, 4.69) is 5.27 Å². The van der Waals surface area contributed by atoms with Gasteiger partial charge in [0.2, 0.25) is 0 Å². The van der Waals surface area contributed by atoms with Crippen LogP contribution in [0.4, 0.5) is 0 Å². The van der Waals surface area contributed by atoms with Gasteiger partial charge in [-0.2, -0.15) is 0 Å². The lowest BCUT2D eigenvalue weighted by atomic mass is 9.95. The van der Waals surface area contributed by atoms with Crippen LogP contribution in [0.1, 0.15) is 63.8 Å². The number of ether oxygens (including phenoxy) is 1. The number of aromatic amines is 1. The molecule has 0 radical (unpaired) electrons. The van der Waals surface area contributed by atoms with Gasteiger partial charge < -0.3 is 4.74 Å². The van der Waals surface area contributed by atoms with Crippen molar-refractivity contribution in [3.63, 3.8) is 0 Å². The predicted octanol–water partition coefficient (Wildman–Crippen LogP) is 1.38. The highest BCUT2D eigenvalue weighted by atomic mass is 16.6. The molecule has 100 valence electrons. The van der Waals surface area contributed by atoms with E-state index in [9.17, 15) is 9.59 Å². The van der Waals surface area contributed by atoms with E-state index in [1.807, 2.05) is 0 Å². The van der Waals surface area contributed by atoms with Crippen LogP contribution in [0.2, 0.25) is 0 Å². The Balaban J connectivity index is 2.25. The first-order valence-electron chi connectivity index (χ1n) is 6.39. The molecule has 2 rings (SSSR count). The normalized spacial score (nSPS) is 18.6. The number of nitrogens with zero attached hydrogens (tertiary/aromatic N) is 1. The van der Waals surface area contributed by atoms with Crippen molar-refractivity contribution in [2.75, 3.05) is 0 Å². The molecule has 1 saturated carbocycles. The summed E-state index contributed by atoms with van der Waals surface area (Å²) in [6, 6.07) is 0.234. The first kappa shape index (κ1) is 12.9. The summed E-state index contributed by atoms with van der Waals surface area (Å²) in [5.74, 6) is -0.404. The van der Waals surface area contributed by atoms with Crippen LogP contribution in [0.5, 0.6) is 0 Å². The summed E-state index contributed by atoms with van der Waals surface area (Å²) in [7, 11) is 0. The molecule has 1 unspecified atom stereocenters. The topological polar surface area (TPSA) is 76.2 Å². The summed E-state index contributed by atoms with van der Waals surface area (Å²) < 4.78 is 11.6. The fraction of sp³-hybridized carbons (Fsp3) is 0.750. The molecule has 0 aliphatic heterocycles. The highest BCUT2D eigenvalue weighted by molar-refractivity contribution is 5.66. The average Bonchev–Trinajstić information content (AvgIpc) is 2.71. The number of H-pyrrole nitrogens is 1. The molecular formula is C12H19N2O4+. The molecule has 1 aromatic rings. The minimum atomic E-state index is -0.591. The third-order valence-corrected chi connectivity index (χ3v) is 3.37. The SMILES string of the molecule is CC(=O)OC(C)c1c(=O)o[nH][n+]1C1CCCCC1. The van der Waals surface area contributed by atoms with Crippen molar-refractivity contribution < 1.29 is 18.7 Å². The Morgan fingerprint density at radius 3 is 2.72 bits per heavy atom. The zero-order valence-corrected chi connectivity index (χ0v) is 10.8. The number of hydrogen-bond donors (Lipinski definition) is 1. The standard InChI is InChI=1S/C12H18N2O4/c1-8(17-9(2)15)11-12(16)18-13-14(11)10-6-4-3-5-7-10/h8,10H,3-7H2,1-2H3/p+1. The van der Waals surface area contributed by atoms with Gasteiger partial charge in [-0.3, -0.25) is 9.32 Å². The van der Waals surface area contributed by atoms with Gasteiger partial charge in [-0.25, -0.2) is 4.79 Å². The molecule has 1 heterocycles. The molecule has 1 atom stereocenters. The minimum Gasteiger partial charge on any atom is -0.451 e. The second kappa shape index (κ2) is 5.37. The zero-order chi connectivity index (χ0) is 13.1. The zero-order valence-electron chi connectivity index (χ0n) is 10.8. The number of esters is 1. The van der Waals surface area contributed by atoms with Crippen LogP contribution in [-0.2, 0) is 9.53 Å². The summed E-state index contributed by atoms with van der Waals surface area (Å²) >= 11 is 0. The van der Waals surface area contributed by atoms with Crippen LogP contribution in [0.15, 0.2) is 9.32 Å². The van der Waals surface area contributed by atoms with Crippen LogP contribution >= 0.6 is 0 Å². The highest BCUT2D eigenvalue weighted by Crippen LogP contribution is 2.24. The quantitative estimate of drug-likeness (QED) is 0.654. The fourth-order valence-corrected chi connectivity index (χ4v) is 2.57. The molecule has 0 spiro atoms. The fourth-order valence-electron chi connectivity index (χ4n) is 2.57. The molecule has 0 saturated heterocycles. The van der Waals surface area contributed by atoms with E-state index in [1.54, 1.807) is 11.6 Å². The van der Waals surface area contributed by atoms with Crippen LogP contribution in [0.25, 0.3) is 0 Å². The van der Waals surface area contributed by atoms with Crippen LogP contribution in [0.3, 0.4) is 0 Å². The first-order valence-corrected chi connectivity index (χ1v) is 6.39. The Morgan fingerprint density at radius 1 is 1.44 bits per heavy atom. The number of rotatable bonds is 3. The lowest BCUT2D eigenvalue weighted by Gasteiger charge is -2.16. The molecule has 6 nitrogen and oxygen atoms in total. The lowest BCUT2D eigenvalue weighted by Crippen LogP contribution is -2.47. The van der Waals surface area contributed by atoms with E-state index in [1.165, 1.54) is 13.3 Å². The van der Waals surface area contributed by atoms with E-state index in [4.69, 9.17) is 9.26 Å². The van der Waals surface area contributed by atoms with Gasteiger partial charge in [-0.1, -0.05) is 11.1 Å². The van der Waals surface area contributed by atoms with Crippen molar-refractivity contribution >= 4 is 5.97 Å². The lowest BCUT2D eigenvalue weighted by molar-refractivity contribution is -0.795. The van der Waals surface area contributed by atoms with Crippen molar-refractivity contribution in [1.29, 1.82) is 0 Å². The van der Waals surface area contributed by atoms with Crippen molar-refractivity contribution in [1.82, 2.24) is 5.27 Å². The summed E-state index contributed by atoms with van der Waals surface area (Å²) in [5, 5.41) is 2.64. The van der Waals surface area contributed by atoms with E-state index >= 15 is 0 Å². The molecule has 0 bridgehead atoms. The summed E-state index contributed by atoms with van der Waals surface area (Å²) in [4.78, 5) is 22.7. The smallest absolute Gasteiger partial charge is 0.434 e. The van der Waals surface area contributed by atoms with Gasteiger partial charge in [0.05, 0.1) is 0 Å². The largest absolute Gasteiger partial charge is 0.451 e. The molecule has 1 aliphatic rings. The van der Waals surface area contributed by atoms with Gasteiger partial charge in [-0.15, -0.1) is 0 Å². The third-order valence-electron chi connectivity index (χ3n) is 3.37. The van der Waals surface area contributed by atoms with Crippen molar-refractivity contribution in [2.24, 2.45) is 0 Å². The second-order valence-electron chi connectivity index (χ2n) is 4.78. The van der Waals surface area contributed by atoms with Crippen molar-refractivity contribution in [2.45, 2.75) is 58.1 Å². The molecule has 1 fully saturated rings. The first-order chi connectivity index (χ1) is 8.59. The summed E-state index contributed by atoms with van der Waals surface area (Å²) in [6.07, 6.45) is 4.96. The molecule has 6 heteroatoms. The maximum Gasteiger partial charge on any atom is 0.434 e. The van der Waals surface area contributed by atoms with Gasteiger partial charge in [0, 0.05) is 19.8 Å². The Morgan fingerprint density at radius 2 is 2.11 bits per heavy atom. The van der Waals surface area contributed by atoms with Crippen molar-refractivity contribution in [3.05, 3.63) is 16.1 Å². The predicted molar refractivity (Wildman–Crippen MR) is 61.8 cm³/mol.